The lowest BCUT2D eigenvalue weighted by Gasteiger charge is -2.16. The van der Waals surface area contributed by atoms with Gasteiger partial charge in [0, 0.05) is 5.56 Å². The van der Waals surface area contributed by atoms with Gasteiger partial charge in [0.25, 0.3) is 6.43 Å². The zero-order valence-electron chi connectivity index (χ0n) is 14.6. The van der Waals surface area contributed by atoms with Gasteiger partial charge in [0.15, 0.2) is 0 Å². The van der Waals surface area contributed by atoms with Crippen molar-refractivity contribution in [2.45, 2.75) is 38.7 Å². The van der Waals surface area contributed by atoms with Crippen LogP contribution in [0.2, 0.25) is 0 Å². The van der Waals surface area contributed by atoms with Gasteiger partial charge in [-0.3, -0.25) is 0 Å². The minimum absolute atomic E-state index is 0.0295. The van der Waals surface area contributed by atoms with Crippen molar-refractivity contribution < 1.29 is 27.8 Å². The lowest BCUT2D eigenvalue weighted by atomic mass is 10.0. The molecule has 0 spiro atoms. The highest BCUT2D eigenvalue weighted by atomic mass is 19.3. The van der Waals surface area contributed by atoms with Gasteiger partial charge in [-0.1, -0.05) is 23.8 Å². The maximum absolute atomic E-state index is 13.3. The Balaban J connectivity index is 1.88. The molecule has 1 saturated carbocycles. The van der Waals surface area contributed by atoms with Crippen LogP contribution in [0.1, 0.15) is 47.4 Å². The second-order valence-corrected chi connectivity index (χ2v) is 6.29. The van der Waals surface area contributed by atoms with Crippen LogP contribution in [0.4, 0.5) is 13.6 Å². The summed E-state index contributed by atoms with van der Waals surface area (Å²) in [6.07, 6.45) is -1.37. The molecule has 6 heteroatoms. The predicted molar refractivity (Wildman–Crippen MR) is 91.9 cm³/mol. The first-order chi connectivity index (χ1) is 12.5. The highest BCUT2D eigenvalue weighted by molar-refractivity contribution is 5.65. The number of carbonyl (C=O) groups is 1. The molecule has 0 unspecified atom stereocenters. The van der Waals surface area contributed by atoms with E-state index in [1.54, 1.807) is 25.1 Å². The molecule has 0 saturated heterocycles. The SMILES string of the molecule is COC(=O)Oc1cccc(C2CC2)c1COc1ccc(C)cc1C(F)F. The third-order valence-electron chi connectivity index (χ3n) is 4.32. The van der Waals surface area contributed by atoms with E-state index >= 15 is 0 Å². The van der Waals surface area contributed by atoms with Gasteiger partial charge in [0.2, 0.25) is 0 Å². The highest BCUT2D eigenvalue weighted by Gasteiger charge is 2.28. The molecule has 1 aliphatic rings. The summed E-state index contributed by atoms with van der Waals surface area (Å²) < 4.78 is 42.0. The van der Waals surface area contributed by atoms with Crippen LogP contribution in [0.15, 0.2) is 36.4 Å². The standard InChI is InChI=1S/C20H20F2O4/c1-12-6-9-17(15(10-12)19(21)22)25-11-16-14(13-7-8-13)4-3-5-18(16)26-20(23)24-2/h3-6,9-10,13,19H,7-8,11H2,1-2H3. The number of carbonyl (C=O) groups excluding carboxylic acids is 1. The van der Waals surface area contributed by atoms with Gasteiger partial charge in [-0.15, -0.1) is 0 Å². The Morgan fingerprint density at radius 2 is 1.96 bits per heavy atom. The van der Waals surface area contributed by atoms with Gasteiger partial charge < -0.3 is 14.2 Å². The first-order valence-electron chi connectivity index (χ1n) is 8.38. The van der Waals surface area contributed by atoms with Crippen molar-refractivity contribution >= 4 is 6.16 Å². The number of hydrogen-bond donors (Lipinski definition) is 0. The van der Waals surface area contributed by atoms with Crippen LogP contribution in [-0.2, 0) is 11.3 Å². The molecule has 2 aromatic carbocycles. The molecule has 0 radical (unpaired) electrons. The summed E-state index contributed by atoms with van der Waals surface area (Å²) in [4.78, 5) is 11.5. The molecule has 138 valence electrons. The van der Waals surface area contributed by atoms with Gasteiger partial charge >= 0.3 is 6.16 Å². The average Bonchev–Trinajstić information content (AvgIpc) is 3.46. The van der Waals surface area contributed by atoms with Gasteiger partial charge in [-0.05, 0) is 49.4 Å². The minimum Gasteiger partial charge on any atom is -0.488 e. The van der Waals surface area contributed by atoms with Gasteiger partial charge in [0.1, 0.15) is 18.1 Å². The molecule has 0 N–H and O–H groups in total. The fourth-order valence-electron chi connectivity index (χ4n) is 2.86. The van der Waals surface area contributed by atoms with Crippen LogP contribution in [0, 0.1) is 6.92 Å². The fourth-order valence-corrected chi connectivity index (χ4v) is 2.86. The Labute approximate surface area is 150 Å². The van der Waals surface area contributed by atoms with E-state index in [1.165, 1.54) is 19.2 Å². The van der Waals surface area contributed by atoms with Crippen molar-refractivity contribution in [1.82, 2.24) is 0 Å². The summed E-state index contributed by atoms with van der Waals surface area (Å²) in [5.74, 6) is 0.828. The predicted octanol–water partition coefficient (Wildman–Crippen LogP) is 5.53. The van der Waals surface area contributed by atoms with E-state index in [2.05, 4.69) is 4.74 Å². The van der Waals surface area contributed by atoms with Crippen LogP contribution in [0.5, 0.6) is 11.5 Å². The second-order valence-electron chi connectivity index (χ2n) is 6.29. The highest BCUT2D eigenvalue weighted by Crippen LogP contribution is 2.44. The summed E-state index contributed by atoms with van der Waals surface area (Å²) in [5.41, 5.74) is 2.28. The third kappa shape index (κ3) is 4.12. The van der Waals surface area contributed by atoms with E-state index in [-0.39, 0.29) is 17.9 Å². The molecule has 0 atom stereocenters. The fraction of sp³-hybridized carbons (Fsp3) is 0.350. The van der Waals surface area contributed by atoms with Gasteiger partial charge in [-0.25, -0.2) is 13.6 Å². The molecule has 0 aliphatic heterocycles. The van der Waals surface area contributed by atoms with Crippen molar-refractivity contribution in [2.75, 3.05) is 7.11 Å². The van der Waals surface area contributed by atoms with Crippen molar-refractivity contribution in [3.8, 4) is 11.5 Å². The van der Waals surface area contributed by atoms with Crippen LogP contribution < -0.4 is 9.47 Å². The molecule has 26 heavy (non-hydrogen) atoms. The van der Waals surface area contributed by atoms with Crippen molar-refractivity contribution in [2.24, 2.45) is 0 Å². The largest absolute Gasteiger partial charge is 0.513 e. The van der Waals surface area contributed by atoms with E-state index in [0.717, 1.165) is 24.0 Å². The number of aryl methyl sites for hydroxylation is 1. The van der Waals surface area contributed by atoms with Crippen LogP contribution >= 0.6 is 0 Å². The summed E-state index contributed by atoms with van der Waals surface area (Å²) in [6.45, 7) is 1.78. The zero-order chi connectivity index (χ0) is 18.7. The molecular formula is C20H20F2O4. The molecule has 0 amide bonds. The smallest absolute Gasteiger partial charge is 0.488 e. The van der Waals surface area contributed by atoms with Gasteiger partial charge in [-0.2, -0.15) is 0 Å². The van der Waals surface area contributed by atoms with Crippen LogP contribution in [0.25, 0.3) is 0 Å². The molecule has 0 heterocycles. The number of methoxy groups -OCH3 is 1. The quantitative estimate of drug-likeness (QED) is 0.500. The molecule has 3 rings (SSSR count). The third-order valence-corrected chi connectivity index (χ3v) is 4.32. The Bertz CT molecular complexity index is 800. The zero-order valence-corrected chi connectivity index (χ0v) is 14.6. The van der Waals surface area contributed by atoms with E-state index in [1.807, 2.05) is 6.07 Å². The molecule has 2 aromatic rings. The van der Waals surface area contributed by atoms with Crippen molar-refractivity contribution in [3.63, 3.8) is 0 Å². The number of hydrogen-bond acceptors (Lipinski definition) is 4. The summed E-state index contributed by atoms with van der Waals surface area (Å²) in [7, 11) is 1.23. The normalized spacial score (nSPS) is 13.6. The van der Waals surface area contributed by atoms with Crippen molar-refractivity contribution in [1.29, 1.82) is 0 Å². The Hall–Kier alpha value is -2.63. The minimum atomic E-state index is -2.63. The first-order valence-corrected chi connectivity index (χ1v) is 8.38. The Morgan fingerprint density at radius 1 is 1.19 bits per heavy atom. The van der Waals surface area contributed by atoms with Crippen LogP contribution in [-0.4, -0.2) is 13.3 Å². The van der Waals surface area contributed by atoms with E-state index in [4.69, 9.17) is 9.47 Å². The van der Waals surface area contributed by atoms with E-state index in [0.29, 0.717) is 17.2 Å². The number of alkyl halides is 2. The number of ether oxygens (including phenoxy) is 3. The molecule has 0 bridgehead atoms. The maximum atomic E-state index is 13.3. The average molecular weight is 362 g/mol. The molecule has 4 nitrogen and oxygen atoms in total. The van der Waals surface area contributed by atoms with E-state index in [9.17, 15) is 13.6 Å². The molecule has 0 aromatic heterocycles. The summed E-state index contributed by atoms with van der Waals surface area (Å²) in [5, 5.41) is 0. The molecule has 1 fully saturated rings. The second kappa shape index (κ2) is 7.72. The Kier molecular flexibility index (Phi) is 5.40. The monoisotopic (exact) mass is 362 g/mol. The van der Waals surface area contributed by atoms with Crippen molar-refractivity contribution in [3.05, 3.63) is 58.7 Å². The maximum Gasteiger partial charge on any atom is 0.513 e. The topological polar surface area (TPSA) is 44.8 Å². The molecule has 1 aliphatic carbocycles. The van der Waals surface area contributed by atoms with E-state index < -0.39 is 12.6 Å². The number of benzene rings is 2. The number of halogens is 2. The van der Waals surface area contributed by atoms with Gasteiger partial charge in [0.05, 0.1) is 12.7 Å². The Morgan fingerprint density at radius 3 is 2.62 bits per heavy atom. The first kappa shape index (κ1) is 18.2. The number of rotatable bonds is 6. The molecular weight excluding hydrogens is 342 g/mol. The van der Waals surface area contributed by atoms with Crippen LogP contribution in [0.3, 0.4) is 0 Å². The lowest BCUT2D eigenvalue weighted by molar-refractivity contribution is 0.120. The summed E-state index contributed by atoms with van der Waals surface area (Å²) in [6, 6.07) is 10.1. The lowest BCUT2D eigenvalue weighted by Crippen LogP contribution is -2.11. The summed E-state index contributed by atoms with van der Waals surface area (Å²) >= 11 is 0.